The molecule has 1 atom stereocenters. The third kappa shape index (κ3) is 4.20. The Morgan fingerprint density at radius 1 is 1.28 bits per heavy atom. The van der Waals surface area contributed by atoms with Crippen LogP contribution in [0.5, 0.6) is 5.75 Å². The first kappa shape index (κ1) is 13.2. The summed E-state index contributed by atoms with van der Waals surface area (Å²) in [6, 6.07) is 8.45. The third-order valence-electron chi connectivity index (χ3n) is 2.94. The minimum Gasteiger partial charge on any atom is -0.491 e. The topological polar surface area (TPSA) is 39.7 Å². The lowest BCUT2D eigenvalue weighted by Gasteiger charge is -2.24. The summed E-state index contributed by atoms with van der Waals surface area (Å²) in [7, 11) is 1.67. The molecule has 1 heterocycles. The van der Waals surface area contributed by atoms with Gasteiger partial charge in [0.05, 0.1) is 13.2 Å². The first-order valence-electron chi connectivity index (χ1n) is 6.44. The van der Waals surface area contributed by atoms with E-state index in [1.54, 1.807) is 7.11 Å². The van der Waals surface area contributed by atoms with Crippen LogP contribution < -0.4 is 10.1 Å². The zero-order chi connectivity index (χ0) is 12.6. The van der Waals surface area contributed by atoms with Crippen molar-refractivity contribution in [3.05, 3.63) is 24.3 Å². The van der Waals surface area contributed by atoms with Crippen LogP contribution in [0.1, 0.15) is 12.8 Å². The maximum absolute atomic E-state index is 5.51. The van der Waals surface area contributed by atoms with Crippen LogP contribution in [0, 0.1) is 0 Å². The van der Waals surface area contributed by atoms with E-state index < -0.39 is 0 Å². The highest BCUT2D eigenvalue weighted by Crippen LogP contribution is 2.18. The largest absolute Gasteiger partial charge is 0.491 e. The molecule has 1 saturated heterocycles. The summed E-state index contributed by atoms with van der Waals surface area (Å²) in [5, 5.41) is 3.47. The predicted octanol–water partition coefficient (Wildman–Crippen LogP) is 2.30. The van der Waals surface area contributed by atoms with E-state index in [0.29, 0.717) is 19.3 Å². The quantitative estimate of drug-likeness (QED) is 0.788. The smallest absolute Gasteiger partial charge is 0.119 e. The summed E-state index contributed by atoms with van der Waals surface area (Å²) in [5.41, 5.74) is 1.12. The molecule has 100 valence electrons. The van der Waals surface area contributed by atoms with Crippen LogP contribution in [0.4, 0.5) is 5.69 Å². The molecule has 0 radical (unpaired) electrons. The Morgan fingerprint density at radius 2 is 2.11 bits per heavy atom. The molecule has 0 aliphatic carbocycles. The molecular weight excluding hydrogens is 230 g/mol. The van der Waals surface area contributed by atoms with Gasteiger partial charge in [0.25, 0.3) is 0 Å². The summed E-state index contributed by atoms with van der Waals surface area (Å²) in [6.45, 7) is 2.88. The molecule has 1 aliphatic heterocycles. The highest BCUT2D eigenvalue weighted by atomic mass is 16.5. The fourth-order valence-electron chi connectivity index (χ4n) is 1.98. The van der Waals surface area contributed by atoms with E-state index >= 15 is 0 Å². The molecule has 4 heteroatoms. The van der Waals surface area contributed by atoms with Gasteiger partial charge in [-0.25, -0.2) is 0 Å². The lowest BCUT2D eigenvalue weighted by molar-refractivity contribution is 0.0876. The van der Waals surface area contributed by atoms with Crippen LogP contribution in [-0.4, -0.2) is 39.6 Å². The molecule has 2 rings (SSSR count). The van der Waals surface area contributed by atoms with Crippen LogP contribution in [0.3, 0.4) is 0 Å². The molecule has 18 heavy (non-hydrogen) atoms. The summed E-state index contributed by atoms with van der Waals surface area (Å²) in [5.74, 6) is 0.873. The Labute approximate surface area is 108 Å². The number of anilines is 1. The van der Waals surface area contributed by atoms with Crippen LogP contribution in [0.2, 0.25) is 0 Å². The van der Waals surface area contributed by atoms with Gasteiger partial charge >= 0.3 is 0 Å². The molecule has 1 aliphatic rings. The zero-order valence-corrected chi connectivity index (χ0v) is 10.9. The second kappa shape index (κ2) is 7.24. The molecule has 1 unspecified atom stereocenters. The lowest BCUT2D eigenvalue weighted by Crippen LogP contribution is -2.29. The normalized spacial score (nSPS) is 19.5. The Balaban J connectivity index is 1.79. The minimum atomic E-state index is 0.430. The number of benzene rings is 1. The first-order chi connectivity index (χ1) is 8.88. The molecule has 0 bridgehead atoms. The Kier molecular flexibility index (Phi) is 5.30. The number of hydrogen-bond acceptors (Lipinski definition) is 4. The number of ether oxygens (including phenoxy) is 3. The molecule has 1 aromatic carbocycles. The van der Waals surface area contributed by atoms with Gasteiger partial charge in [-0.1, -0.05) is 0 Å². The summed E-state index contributed by atoms with van der Waals surface area (Å²) >= 11 is 0. The van der Waals surface area contributed by atoms with E-state index in [1.165, 1.54) is 6.42 Å². The van der Waals surface area contributed by atoms with Crippen LogP contribution in [-0.2, 0) is 9.47 Å². The molecule has 0 spiro atoms. The van der Waals surface area contributed by atoms with Gasteiger partial charge in [-0.3, -0.25) is 0 Å². The number of hydrogen-bond donors (Lipinski definition) is 1. The van der Waals surface area contributed by atoms with E-state index in [4.69, 9.17) is 14.2 Å². The number of nitrogens with one attached hydrogen (secondary N) is 1. The second-order valence-electron chi connectivity index (χ2n) is 4.42. The monoisotopic (exact) mass is 251 g/mol. The molecule has 4 nitrogen and oxygen atoms in total. The molecule has 1 N–H and O–H groups in total. The summed E-state index contributed by atoms with van der Waals surface area (Å²) in [6.07, 6.45) is 2.31. The summed E-state index contributed by atoms with van der Waals surface area (Å²) in [4.78, 5) is 0. The predicted molar refractivity (Wildman–Crippen MR) is 71.3 cm³/mol. The zero-order valence-electron chi connectivity index (χ0n) is 10.9. The van der Waals surface area contributed by atoms with E-state index in [0.717, 1.165) is 31.1 Å². The maximum Gasteiger partial charge on any atom is 0.119 e. The van der Waals surface area contributed by atoms with Crippen molar-refractivity contribution < 1.29 is 14.2 Å². The van der Waals surface area contributed by atoms with Gasteiger partial charge in [-0.2, -0.15) is 0 Å². The van der Waals surface area contributed by atoms with Gasteiger partial charge in [0.2, 0.25) is 0 Å². The fourth-order valence-corrected chi connectivity index (χ4v) is 1.98. The van der Waals surface area contributed by atoms with Crippen molar-refractivity contribution in [3.8, 4) is 5.75 Å². The second-order valence-corrected chi connectivity index (χ2v) is 4.42. The van der Waals surface area contributed by atoms with E-state index in [1.807, 2.05) is 24.3 Å². The lowest BCUT2D eigenvalue weighted by atomic mass is 10.1. The SMILES string of the molecule is COCCOc1ccc(NC2CCCOC2)cc1. The van der Waals surface area contributed by atoms with Gasteiger partial charge in [-0.15, -0.1) is 0 Å². The average Bonchev–Trinajstić information content (AvgIpc) is 2.42. The van der Waals surface area contributed by atoms with Crippen LogP contribution >= 0.6 is 0 Å². The van der Waals surface area contributed by atoms with E-state index in [2.05, 4.69) is 5.32 Å². The number of methoxy groups -OCH3 is 1. The van der Waals surface area contributed by atoms with Gasteiger partial charge < -0.3 is 19.5 Å². The Bertz CT molecular complexity index is 333. The molecule has 0 amide bonds. The van der Waals surface area contributed by atoms with Crippen molar-refractivity contribution in [2.24, 2.45) is 0 Å². The van der Waals surface area contributed by atoms with Crippen molar-refractivity contribution in [2.45, 2.75) is 18.9 Å². The minimum absolute atomic E-state index is 0.430. The molecule has 0 aromatic heterocycles. The van der Waals surface area contributed by atoms with E-state index in [9.17, 15) is 0 Å². The van der Waals surface area contributed by atoms with E-state index in [-0.39, 0.29) is 0 Å². The summed E-state index contributed by atoms with van der Waals surface area (Å²) < 4.78 is 15.9. The van der Waals surface area contributed by atoms with Crippen molar-refractivity contribution in [3.63, 3.8) is 0 Å². The Hall–Kier alpha value is -1.26. The van der Waals surface area contributed by atoms with Crippen molar-refractivity contribution in [1.82, 2.24) is 0 Å². The van der Waals surface area contributed by atoms with Gasteiger partial charge in [0.1, 0.15) is 12.4 Å². The van der Waals surface area contributed by atoms with Crippen LogP contribution in [0.15, 0.2) is 24.3 Å². The van der Waals surface area contributed by atoms with Gasteiger partial charge in [-0.05, 0) is 37.1 Å². The first-order valence-corrected chi connectivity index (χ1v) is 6.44. The van der Waals surface area contributed by atoms with Crippen molar-refractivity contribution in [2.75, 3.05) is 38.9 Å². The molecule has 0 saturated carbocycles. The number of rotatable bonds is 6. The van der Waals surface area contributed by atoms with Crippen LogP contribution in [0.25, 0.3) is 0 Å². The van der Waals surface area contributed by atoms with Gasteiger partial charge in [0, 0.05) is 25.4 Å². The highest BCUT2D eigenvalue weighted by molar-refractivity contribution is 5.47. The fraction of sp³-hybridized carbons (Fsp3) is 0.571. The third-order valence-corrected chi connectivity index (χ3v) is 2.94. The van der Waals surface area contributed by atoms with Crippen molar-refractivity contribution >= 4 is 5.69 Å². The molecular formula is C14H21NO3. The van der Waals surface area contributed by atoms with Gasteiger partial charge in [0.15, 0.2) is 0 Å². The molecule has 1 aromatic rings. The standard InChI is InChI=1S/C14H21NO3/c1-16-9-10-18-14-6-4-12(5-7-14)15-13-3-2-8-17-11-13/h4-7,13,15H,2-3,8-11H2,1H3. The molecule has 1 fully saturated rings. The Morgan fingerprint density at radius 3 is 2.78 bits per heavy atom. The highest BCUT2D eigenvalue weighted by Gasteiger charge is 2.12. The van der Waals surface area contributed by atoms with Crippen molar-refractivity contribution in [1.29, 1.82) is 0 Å². The maximum atomic E-state index is 5.51. The average molecular weight is 251 g/mol.